The van der Waals surface area contributed by atoms with Crippen LogP contribution in [-0.2, 0) is 19.3 Å². The van der Waals surface area contributed by atoms with E-state index in [0.29, 0.717) is 0 Å². The molecule has 1 unspecified atom stereocenters. The highest BCUT2D eigenvalue weighted by molar-refractivity contribution is 5.28. The summed E-state index contributed by atoms with van der Waals surface area (Å²) in [7, 11) is 0. The highest BCUT2D eigenvalue weighted by atomic mass is 14.9. The Bertz CT molecular complexity index is 452. The third kappa shape index (κ3) is 3.14. The number of nitrogens with zero attached hydrogens (tertiary/aromatic N) is 2. The van der Waals surface area contributed by atoms with Gasteiger partial charge in [-0.25, -0.2) is 9.97 Å². The van der Waals surface area contributed by atoms with Gasteiger partial charge in [0.1, 0.15) is 5.82 Å². The molecule has 2 aliphatic rings. The van der Waals surface area contributed by atoms with Gasteiger partial charge in [0.05, 0.1) is 0 Å². The summed E-state index contributed by atoms with van der Waals surface area (Å²) in [5, 5.41) is 3.47. The van der Waals surface area contributed by atoms with Crippen molar-refractivity contribution in [2.24, 2.45) is 11.8 Å². The summed E-state index contributed by atoms with van der Waals surface area (Å²) in [6.07, 6.45) is 7.45. The van der Waals surface area contributed by atoms with Gasteiger partial charge in [-0.3, -0.25) is 0 Å². The van der Waals surface area contributed by atoms with E-state index in [1.807, 2.05) is 0 Å². The van der Waals surface area contributed by atoms with E-state index in [1.165, 1.54) is 36.2 Å². The van der Waals surface area contributed by atoms with Crippen LogP contribution in [-0.4, -0.2) is 23.1 Å². The van der Waals surface area contributed by atoms with Crippen molar-refractivity contribution in [3.63, 3.8) is 0 Å². The molecule has 1 aromatic rings. The molecule has 19 heavy (non-hydrogen) atoms. The van der Waals surface area contributed by atoms with Gasteiger partial charge in [-0.1, -0.05) is 6.92 Å². The molecule has 1 heterocycles. The summed E-state index contributed by atoms with van der Waals surface area (Å²) in [5.74, 6) is 2.75. The lowest BCUT2D eigenvalue weighted by Gasteiger charge is -2.25. The standard InChI is InChI=1S/C16H25N3/c1-3-17-10-13-6-7-15-14(8-13)11(2)18-16(19-15)9-12-4-5-12/h12-13,17H,3-10H2,1-2H3. The van der Waals surface area contributed by atoms with E-state index in [-0.39, 0.29) is 0 Å². The Hall–Kier alpha value is -0.960. The van der Waals surface area contributed by atoms with E-state index in [1.54, 1.807) is 0 Å². The van der Waals surface area contributed by atoms with E-state index in [2.05, 4.69) is 19.2 Å². The molecule has 2 aliphatic carbocycles. The van der Waals surface area contributed by atoms with Crippen molar-refractivity contribution in [3.8, 4) is 0 Å². The van der Waals surface area contributed by atoms with Crippen LogP contribution in [0.3, 0.4) is 0 Å². The molecular formula is C16H25N3. The van der Waals surface area contributed by atoms with Gasteiger partial charge in [0.2, 0.25) is 0 Å². The van der Waals surface area contributed by atoms with E-state index < -0.39 is 0 Å². The van der Waals surface area contributed by atoms with Crippen LogP contribution in [0.15, 0.2) is 0 Å². The molecule has 0 amide bonds. The van der Waals surface area contributed by atoms with Crippen LogP contribution in [0, 0.1) is 18.8 Å². The zero-order valence-corrected chi connectivity index (χ0v) is 12.2. The number of rotatable bonds is 5. The Morgan fingerprint density at radius 3 is 2.74 bits per heavy atom. The maximum absolute atomic E-state index is 4.84. The van der Waals surface area contributed by atoms with E-state index >= 15 is 0 Å². The monoisotopic (exact) mass is 259 g/mol. The highest BCUT2D eigenvalue weighted by Crippen LogP contribution is 2.33. The van der Waals surface area contributed by atoms with Crippen molar-refractivity contribution < 1.29 is 0 Å². The molecule has 1 aromatic heterocycles. The lowest BCUT2D eigenvalue weighted by Crippen LogP contribution is -2.28. The van der Waals surface area contributed by atoms with Gasteiger partial charge in [-0.15, -0.1) is 0 Å². The van der Waals surface area contributed by atoms with Gasteiger partial charge in [-0.05, 0) is 69.5 Å². The summed E-state index contributed by atoms with van der Waals surface area (Å²) < 4.78 is 0. The fourth-order valence-corrected chi connectivity index (χ4v) is 3.12. The fourth-order valence-electron chi connectivity index (χ4n) is 3.12. The first-order chi connectivity index (χ1) is 9.26. The maximum atomic E-state index is 4.84. The molecule has 1 N–H and O–H groups in total. The van der Waals surface area contributed by atoms with Gasteiger partial charge >= 0.3 is 0 Å². The predicted octanol–water partition coefficient (Wildman–Crippen LogP) is 2.45. The van der Waals surface area contributed by atoms with Crippen molar-refractivity contribution in [1.29, 1.82) is 0 Å². The van der Waals surface area contributed by atoms with Crippen molar-refractivity contribution in [3.05, 3.63) is 22.8 Å². The maximum Gasteiger partial charge on any atom is 0.129 e. The quantitative estimate of drug-likeness (QED) is 0.882. The van der Waals surface area contributed by atoms with Gasteiger partial charge < -0.3 is 5.32 Å². The molecule has 104 valence electrons. The third-order valence-electron chi connectivity index (χ3n) is 4.48. The number of aryl methyl sites for hydroxylation is 2. The molecule has 3 rings (SSSR count). The summed E-state index contributed by atoms with van der Waals surface area (Å²) in [6, 6.07) is 0. The highest BCUT2D eigenvalue weighted by Gasteiger charge is 2.26. The Morgan fingerprint density at radius 1 is 1.16 bits per heavy atom. The third-order valence-corrected chi connectivity index (χ3v) is 4.48. The molecule has 0 aliphatic heterocycles. The molecule has 1 saturated carbocycles. The average Bonchev–Trinajstić information content (AvgIpc) is 3.20. The number of fused-ring (bicyclic) bond motifs is 1. The molecule has 0 bridgehead atoms. The normalized spacial score (nSPS) is 22.3. The van der Waals surface area contributed by atoms with E-state index in [4.69, 9.17) is 9.97 Å². The van der Waals surface area contributed by atoms with Crippen LogP contribution in [0.25, 0.3) is 0 Å². The van der Waals surface area contributed by atoms with Gasteiger partial charge in [0, 0.05) is 17.8 Å². The Morgan fingerprint density at radius 2 is 2.00 bits per heavy atom. The molecule has 3 nitrogen and oxygen atoms in total. The first-order valence-corrected chi connectivity index (χ1v) is 7.82. The summed E-state index contributed by atoms with van der Waals surface area (Å²) in [4.78, 5) is 9.59. The zero-order chi connectivity index (χ0) is 13.2. The van der Waals surface area contributed by atoms with Gasteiger partial charge in [-0.2, -0.15) is 0 Å². The van der Waals surface area contributed by atoms with Crippen LogP contribution >= 0.6 is 0 Å². The molecule has 3 heteroatoms. The lowest BCUT2D eigenvalue weighted by molar-refractivity contribution is 0.422. The molecule has 0 spiro atoms. The molecule has 1 fully saturated rings. The van der Waals surface area contributed by atoms with Crippen LogP contribution in [0.4, 0.5) is 0 Å². The van der Waals surface area contributed by atoms with Crippen molar-refractivity contribution in [2.75, 3.05) is 13.1 Å². The van der Waals surface area contributed by atoms with Crippen LogP contribution in [0.2, 0.25) is 0 Å². The fraction of sp³-hybridized carbons (Fsp3) is 0.750. The molecule has 0 aromatic carbocycles. The van der Waals surface area contributed by atoms with Gasteiger partial charge in [0.15, 0.2) is 0 Å². The second-order valence-corrected chi connectivity index (χ2v) is 6.21. The predicted molar refractivity (Wildman–Crippen MR) is 77.3 cm³/mol. The smallest absolute Gasteiger partial charge is 0.129 e. The largest absolute Gasteiger partial charge is 0.317 e. The molecular weight excluding hydrogens is 234 g/mol. The van der Waals surface area contributed by atoms with Crippen LogP contribution in [0.5, 0.6) is 0 Å². The first kappa shape index (κ1) is 13.0. The van der Waals surface area contributed by atoms with Crippen LogP contribution < -0.4 is 5.32 Å². The molecule has 0 radical (unpaired) electrons. The van der Waals surface area contributed by atoms with E-state index in [9.17, 15) is 0 Å². The van der Waals surface area contributed by atoms with E-state index in [0.717, 1.165) is 50.0 Å². The Labute approximate surface area is 116 Å². The second-order valence-electron chi connectivity index (χ2n) is 6.21. The minimum atomic E-state index is 0.768. The second kappa shape index (κ2) is 5.58. The Balaban J connectivity index is 1.73. The topological polar surface area (TPSA) is 37.8 Å². The van der Waals surface area contributed by atoms with Gasteiger partial charge in [0.25, 0.3) is 0 Å². The minimum absolute atomic E-state index is 0.768. The first-order valence-electron chi connectivity index (χ1n) is 7.82. The SMILES string of the molecule is CCNCC1CCc2nc(CC3CC3)nc(C)c2C1. The minimum Gasteiger partial charge on any atom is -0.317 e. The van der Waals surface area contributed by atoms with Crippen LogP contribution in [0.1, 0.15) is 49.0 Å². The number of aromatic nitrogens is 2. The summed E-state index contributed by atoms with van der Waals surface area (Å²) >= 11 is 0. The molecule has 1 atom stereocenters. The van der Waals surface area contributed by atoms with Crippen molar-refractivity contribution >= 4 is 0 Å². The summed E-state index contributed by atoms with van der Waals surface area (Å²) in [5.41, 5.74) is 4.02. The molecule has 0 saturated heterocycles. The summed E-state index contributed by atoms with van der Waals surface area (Å²) in [6.45, 7) is 6.56. The lowest BCUT2D eigenvalue weighted by atomic mass is 9.85. The number of nitrogens with one attached hydrogen (secondary N) is 1. The Kier molecular flexibility index (Phi) is 3.83. The zero-order valence-electron chi connectivity index (χ0n) is 12.2. The van der Waals surface area contributed by atoms with Crippen molar-refractivity contribution in [2.45, 2.75) is 52.4 Å². The van der Waals surface area contributed by atoms with Crippen molar-refractivity contribution in [1.82, 2.24) is 15.3 Å². The number of hydrogen-bond donors (Lipinski definition) is 1. The number of hydrogen-bond acceptors (Lipinski definition) is 3. The average molecular weight is 259 g/mol.